The van der Waals surface area contributed by atoms with Crippen LogP contribution in [0.25, 0.3) is 0 Å². The molecule has 1 aliphatic rings. The fourth-order valence-electron chi connectivity index (χ4n) is 3.82. The number of nitrogens with zero attached hydrogens (tertiary/aromatic N) is 1. The van der Waals surface area contributed by atoms with Crippen LogP contribution in [0.5, 0.6) is 11.5 Å². The third kappa shape index (κ3) is 4.53. The van der Waals surface area contributed by atoms with Crippen molar-refractivity contribution in [1.82, 2.24) is 4.90 Å². The minimum absolute atomic E-state index is 0.132. The van der Waals surface area contributed by atoms with E-state index in [-0.39, 0.29) is 18.6 Å². The molecule has 1 saturated heterocycles. The van der Waals surface area contributed by atoms with E-state index >= 15 is 0 Å². The zero-order valence-electron chi connectivity index (χ0n) is 17.4. The molecule has 0 unspecified atom stereocenters. The van der Waals surface area contributed by atoms with Crippen LogP contribution >= 0.6 is 0 Å². The van der Waals surface area contributed by atoms with Crippen molar-refractivity contribution in [2.75, 3.05) is 27.4 Å². The average Bonchev–Trinajstić information content (AvgIpc) is 3.21. The Kier molecular flexibility index (Phi) is 6.42. The van der Waals surface area contributed by atoms with Crippen molar-refractivity contribution in [1.29, 1.82) is 0 Å². The highest BCUT2D eigenvalue weighted by atomic mass is 16.5. The topological polar surface area (TPSA) is 65.1 Å². The largest absolute Gasteiger partial charge is 0.497 e. The summed E-state index contributed by atoms with van der Waals surface area (Å²) >= 11 is 0. The predicted molar refractivity (Wildman–Crippen MR) is 109 cm³/mol. The molecule has 0 spiro atoms. The van der Waals surface area contributed by atoms with E-state index < -0.39 is 5.97 Å². The van der Waals surface area contributed by atoms with Gasteiger partial charge in [0.25, 0.3) is 5.91 Å². The summed E-state index contributed by atoms with van der Waals surface area (Å²) in [6.07, 6.45) is 1.70. The number of amides is 1. The highest BCUT2D eigenvalue weighted by Crippen LogP contribution is 2.38. The number of ether oxygens (including phenoxy) is 3. The smallest absolute Gasteiger partial charge is 0.338 e. The molecule has 0 saturated carbocycles. The van der Waals surface area contributed by atoms with Gasteiger partial charge in [0.05, 0.1) is 25.8 Å². The van der Waals surface area contributed by atoms with Crippen molar-refractivity contribution in [2.24, 2.45) is 0 Å². The van der Waals surface area contributed by atoms with Gasteiger partial charge in [0.2, 0.25) is 0 Å². The summed E-state index contributed by atoms with van der Waals surface area (Å²) in [5.41, 5.74) is 3.29. The van der Waals surface area contributed by atoms with Crippen LogP contribution in [-0.4, -0.2) is 44.1 Å². The number of methoxy groups -OCH3 is 2. The van der Waals surface area contributed by atoms with E-state index in [9.17, 15) is 9.59 Å². The molecule has 1 atom stereocenters. The maximum absolute atomic E-state index is 12.8. The molecule has 2 aromatic rings. The van der Waals surface area contributed by atoms with E-state index in [1.165, 1.54) is 0 Å². The summed E-state index contributed by atoms with van der Waals surface area (Å²) in [4.78, 5) is 27.0. The molecule has 2 aromatic carbocycles. The van der Waals surface area contributed by atoms with E-state index in [0.29, 0.717) is 23.6 Å². The Morgan fingerprint density at radius 3 is 2.55 bits per heavy atom. The van der Waals surface area contributed by atoms with Crippen LogP contribution < -0.4 is 9.47 Å². The lowest BCUT2D eigenvalue weighted by Crippen LogP contribution is -2.34. The number of likely N-dealkylation sites (tertiary alicyclic amines) is 1. The van der Waals surface area contributed by atoms with Crippen LogP contribution in [-0.2, 0) is 9.53 Å². The number of carbonyl (C=O) groups excluding carboxylic acids is 2. The van der Waals surface area contributed by atoms with Gasteiger partial charge in [-0.3, -0.25) is 4.79 Å². The first-order chi connectivity index (χ1) is 13.9. The zero-order valence-corrected chi connectivity index (χ0v) is 17.4. The third-order valence-electron chi connectivity index (χ3n) is 5.30. The van der Waals surface area contributed by atoms with Gasteiger partial charge >= 0.3 is 5.97 Å². The van der Waals surface area contributed by atoms with Gasteiger partial charge < -0.3 is 19.1 Å². The first-order valence-electron chi connectivity index (χ1n) is 9.70. The molecule has 0 aromatic heterocycles. The van der Waals surface area contributed by atoms with Crippen molar-refractivity contribution in [3.05, 3.63) is 58.7 Å². The normalized spacial score (nSPS) is 15.9. The van der Waals surface area contributed by atoms with E-state index in [1.54, 1.807) is 25.2 Å². The molecule has 154 valence electrons. The van der Waals surface area contributed by atoms with Gasteiger partial charge in [0, 0.05) is 12.1 Å². The first kappa shape index (κ1) is 20.7. The van der Waals surface area contributed by atoms with Crippen LogP contribution in [0, 0.1) is 13.8 Å². The molecule has 6 heteroatoms. The Bertz CT molecular complexity index is 908. The summed E-state index contributed by atoms with van der Waals surface area (Å²) < 4.78 is 16.1. The van der Waals surface area contributed by atoms with Gasteiger partial charge in [-0.2, -0.15) is 0 Å². The van der Waals surface area contributed by atoms with Crippen molar-refractivity contribution >= 4 is 11.9 Å². The van der Waals surface area contributed by atoms with E-state index in [0.717, 1.165) is 29.5 Å². The molecule has 3 rings (SSSR count). The van der Waals surface area contributed by atoms with Crippen molar-refractivity contribution in [3.63, 3.8) is 0 Å². The second-order valence-corrected chi connectivity index (χ2v) is 7.25. The maximum atomic E-state index is 12.8. The van der Waals surface area contributed by atoms with Crippen molar-refractivity contribution in [3.8, 4) is 11.5 Å². The van der Waals surface area contributed by atoms with Gasteiger partial charge in [-0.15, -0.1) is 0 Å². The molecule has 1 fully saturated rings. The Hall–Kier alpha value is -3.02. The fraction of sp³-hybridized carbons (Fsp3) is 0.391. The SMILES string of the molecule is COc1ccc(OC)c([C@@H]2CCCN2C(=O)COC(=O)c2ccc(C)cc2C)c1. The molecular weight excluding hydrogens is 370 g/mol. The van der Waals surface area contributed by atoms with E-state index in [4.69, 9.17) is 14.2 Å². The van der Waals surface area contributed by atoms with Gasteiger partial charge in [-0.1, -0.05) is 17.7 Å². The Balaban J connectivity index is 1.71. The minimum atomic E-state index is -0.481. The lowest BCUT2D eigenvalue weighted by atomic mass is 10.0. The Morgan fingerprint density at radius 2 is 1.86 bits per heavy atom. The van der Waals surface area contributed by atoms with E-state index in [2.05, 4.69) is 0 Å². The second kappa shape index (κ2) is 8.99. The number of benzene rings is 2. The number of carbonyl (C=O) groups is 2. The number of hydrogen-bond acceptors (Lipinski definition) is 5. The minimum Gasteiger partial charge on any atom is -0.497 e. The highest BCUT2D eigenvalue weighted by Gasteiger charge is 2.32. The van der Waals surface area contributed by atoms with Gasteiger partial charge in [0.1, 0.15) is 11.5 Å². The third-order valence-corrected chi connectivity index (χ3v) is 5.30. The number of esters is 1. The van der Waals surface area contributed by atoms with E-state index in [1.807, 2.05) is 44.2 Å². The van der Waals surface area contributed by atoms with Crippen LogP contribution in [0.4, 0.5) is 0 Å². The highest BCUT2D eigenvalue weighted by molar-refractivity contribution is 5.92. The Labute approximate surface area is 171 Å². The second-order valence-electron chi connectivity index (χ2n) is 7.25. The summed E-state index contributed by atoms with van der Waals surface area (Å²) in [7, 11) is 3.22. The molecular formula is C23H27NO5. The molecule has 1 heterocycles. The standard InChI is InChI=1S/C23H27NO5/c1-15-7-9-18(16(2)12-15)23(26)29-14-22(25)24-11-5-6-20(24)19-13-17(27-3)8-10-21(19)28-4/h7-10,12-13,20H,5-6,11,14H2,1-4H3/t20-/m0/s1. The van der Waals surface area contributed by atoms with Gasteiger partial charge in [-0.05, 0) is 56.5 Å². The number of aryl methyl sites for hydroxylation is 2. The maximum Gasteiger partial charge on any atom is 0.338 e. The molecule has 1 aliphatic heterocycles. The average molecular weight is 397 g/mol. The summed E-state index contributed by atoms with van der Waals surface area (Å²) in [6, 6.07) is 11.0. The zero-order chi connectivity index (χ0) is 21.0. The first-order valence-corrected chi connectivity index (χ1v) is 9.70. The molecule has 0 bridgehead atoms. The predicted octanol–water partition coefficient (Wildman–Crippen LogP) is 3.84. The molecule has 29 heavy (non-hydrogen) atoms. The van der Waals surface area contributed by atoms with Gasteiger partial charge in [0.15, 0.2) is 6.61 Å². The summed E-state index contributed by atoms with van der Waals surface area (Å²) in [5.74, 6) is 0.727. The van der Waals surface area contributed by atoms with Crippen LogP contribution in [0.15, 0.2) is 36.4 Å². The van der Waals surface area contributed by atoms with Crippen molar-refractivity contribution in [2.45, 2.75) is 32.7 Å². The van der Waals surface area contributed by atoms with Crippen LogP contribution in [0.3, 0.4) is 0 Å². The Morgan fingerprint density at radius 1 is 1.07 bits per heavy atom. The monoisotopic (exact) mass is 397 g/mol. The van der Waals surface area contributed by atoms with Crippen molar-refractivity contribution < 1.29 is 23.8 Å². The molecule has 0 radical (unpaired) electrons. The van der Waals surface area contributed by atoms with Crippen LogP contribution in [0.1, 0.15) is 45.9 Å². The molecule has 0 N–H and O–H groups in total. The molecule has 6 nitrogen and oxygen atoms in total. The van der Waals surface area contributed by atoms with Crippen LogP contribution in [0.2, 0.25) is 0 Å². The number of rotatable bonds is 6. The summed E-state index contributed by atoms with van der Waals surface area (Å²) in [6.45, 7) is 4.16. The summed E-state index contributed by atoms with van der Waals surface area (Å²) in [5, 5.41) is 0. The quantitative estimate of drug-likeness (QED) is 0.693. The fourth-order valence-corrected chi connectivity index (χ4v) is 3.82. The lowest BCUT2D eigenvalue weighted by Gasteiger charge is -2.26. The molecule has 0 aliphatic carbocycles. The van der Waals surface area contributed by atoms with Gasteiger partial charge in [-0.25, -0.2) is 4.79 Å². The lowest BCUT2D eigenvalue weighted by molar-refractivity contribution is -0.135. The molecule has 1 amide bonds. The number of hydrogen-bond donors (Lipinski definition) is 0.